The van der Waals surface area contributed by atoms with Crippen LogP contribution in [0.1, 0.15) is 17.2 Å². The van der Waals surface area contributed by atoms with Gasteiger partial charge in [0.05, 0.1) is 6.04 Å². The molecule has 160 valence electrons. The third-order valence-corrected chi connectivity index (χ3v) is 5.51. The van der Waals surface area contributed by atoms with Crippen LogP contribution in [0, 0.1) is 5.82 Å². The molecule has 6 nitrogen and oxygen atoms in total. The van der Waals surface area contributed by atoms with Crippen LogP contribution in [0.25, 0.3) is 0 Å². The number of carbonyl (C=O) groups is 2. The molecule has 1 heterocycles. The number of hydrogen-bond acceptors (Lipinski definition) is 4. The van der Waals surface area contributed by atoms with E-state index in [2.05, 4.69) is 27.5 Å². The van der Waals surface area contributed by atoms with E-state index in [1.54, 1.807) is 36.4 Å². The van der Waals surface area contributed by atoms with Gasteiger partial charge in [-0.1, -0.05) is 35.9 Å². The fourth-order valence-corrected chi connectivity index (χ4v) is 3.54. The average Bonchev–Trinajstić information content (AvgIpc) is 2.75. The van der Waals surface area contributed by atoms with Crippen LogP contribution in [0.15, 0.2) is 48.5 Å². The lowest BCUT2D eigenvalue weighted by Crippen LogP contribution is -2.49. The largest absolute Gasteiger partial charge is 0.346 e. The molecule has 0 bridgehead atoms. The number of halogens is 2. The number of likely N-dealkylation sites (N-methyl/N-ethyl adjacent to an activating group) is 1. The predicted octanol–water partition coefficient (Wildman–Crippen LogP) is 2.20. The molecule has 1 saturated heterocycles. The van der Waals surface area contributed by atoms with E-state index in [0.29, 0.717) is 5.02 Å². The van der Waals surface area contributed by atoms with Crippen LogP contribution in [-0.2, 0) is 16.1 Å². The molecule has 1 aliphatic heterocycles. The number of nitrogens with zero attached hydrogens (tertiary/aromatic N) is 2. The summed E-state index contributed by atoms with van der Waals surface area (Å²) in [6.45, 7) is 3.99. The van der Waals surface area contributed by atoms with Gasteiger partial charge in [0.15, 0.2) is 0 Å². The molecule has 0 aromatic heterocycles. The molecule has 8 heteroatoms. The normalized spacial score (nSPS) is 16.1. The van der Waals surface area contributed by atoms with E-state index >= 15 is 0 Å². The number of piperazine rings is 1. The molecule has 0 unspecified atom stereocenters. The van der Waals surface area contributed by atoms with Crippen molar-refractivity contribution in [3.63, 3.8) is 0 Å². The Morgan fingerprint density at radius 1 is 0.967 bits per heavy atom. The summed E-state index contributed by atoms with van der Waals surface area (Å²) in [5, 5.41) is 5.95. The number of hydrogen-bond donors (Lipinski definition) is 2. The van der Waals surface area contributed by atoms with Crippen molar-refractivity contribution in [2.75, 3.05) is 39.8 Å². The topological polar surface area (TPSA) is 64.7 Å². The minimum atomic E-state index is -0.693. The van der Waals surface area contributed by atoms with E-state index in [0.717, 1.165) is 37.3 Å². The van der Waals surface area contributed by atoms with Gasteiger partial charge in [-0.25, -0.2) is 4.39 Å². The Labute approximate surface area is 181 Å². The Hall–Kier alpha value is -2.48. The van der Waals surface area contributed by atoms with Crippen LogP contribution in [-0.4, -0.2) is 61.4 Å². The maximum absolute atomic E-state index is 13.4. The van der Waals surface area contributed by atoms with Gasteiger partial charge in [-0.05, 0) is 42.4 Å². The van der Waals surface area contributed by atoms with Crippen molar-refractivity contribution in [1.82, 2.24) is 20.4 Å². The lowest BCUT2D eigenvalue weighted by molar-refractivity contribution is -0.139. The van der Waals surface area contributed by atoms with Crippen molar-refractivity contribution < 1.29 is 14.0 Å². The monoisotopic (exact) mass is 432 g/mol. The molecule has 2 aromatic carbocycles. The van der Waals surface area contributed by atoms with Crippen LogP contribution in [0.5, 0.6) is 0 Å². The minimum Gasteiger partial charge on any atom is -0.346 e. The van der Waals surface area contributed by atoms with Crippen molar-refractivity contribution in [2.45, 2.75) is 12.6 Å². The van der Waals surface area contributed by atoms with Gasteiger partial charge in [0.25, 0.3) is 0 Å². The Morgan fingerprint density at radius 2 is 1.57 bits per heavy atom. The molecule has 1 fully saturated rings. The van der Waals surface area contributed by atoms with Gasteiger partial charge in [0, 0.05) is 44.3 Å². The third kappa shape index (κ3) is 6.26. The summed E-state index contributed by atoms with van der Waals surface area (Å²) in [4.78, 5) is 29.0. The van der Waals surface area contributed by atoms with Crippen molar-refractivity contribution in [3.8, 4) is 0 Å². The molecule has 3 rings (SSSR count). The Bertz CT molecular complexity index is 852. The number of nitrogens with one attached hydrogen (secondary N) is 2. The molecular weight excluding hydrogens is 407 g/mol. The molecule has 0 saturated carbocycles. The minimum absolute atomic E-state index is 0.132. The zero-order chi connectivity index (χ0) is 21.5. The van der Waals surface area contributed by atoms with Gasteiger partial charge in [-0.2, -0.15) is 0 Å². The molecule has 0 radical (unpaired) electrons. The first kappa shape index (κ1) is 22.2. The fourth-order valence-electron chi connectivity index (χ4n) is 3.41. The van der Waals surface area contributed by atoms with Gasteiger partial charge >= 0.3 is 11.8 Å². The van der Waals surface area contributed by atoms with Crippen molar-refractivity contribution >= 4 is 23.4 Å². The molecule has 30 heavy (non-hydrogen) atoms. The van der Waals surface area contributed by atoms with E-state index in [-0.39, 0.29) is 24.9 Å². The average molecular weight is 433 g/mol. The van der Waals surface area contributed by atoms with E-state index in [1.807, 2.05) is 0 Å². The number of amides is 2. The van der Waals surface area contributed by atoms with Gasteiger partial charge in [0.1, 0.15) is 5.82 Å². The second kappa shape index (κ2) is 10.5. The quantitative estimate of drug-likeness (QED) is 0.687. The maximum Gasteiger partial charge on any atom is 0.309 e. The smallest absolute Gasteiger partial charge is 0.309 e. The van der Waals surface area contributed by atoms with Crippen molar-refractivity contribution in [2.24, 2.45) is 0 Å². The fraction of sp³-hybridized carbons (Fsp3) is 0.364. The van der Waals surface area contributed by atoms with E-state index in [4.69, 9.17) is 11.6 Å². The van der Waals surface area contributed by atoms with Gasteiger partial charge in [-0.15, -0.1) is 0 Å². The van der Waals surface area contributed by atoms with Gasteiger partial charge in [0.2, 0.25) is 0 Å². The Morgan fingerprint density at radius 3 is 2.20 bits per heavy atom. The van der Waals surface area contributed by atoms with Gasteiger partial charge in [-0.3, -0.25) is 14.5 Å². The van der Waals surface area contributed by atoms with Crippen molar-refractivity contribution in [3.05, 3.63) is 70.5 Å². The summed E-state index contributed by atoms with van der Waals surface area (Å²) < 4.78 is 13.4. The van der Waals surface area contributed by atoms with Crippen LogP contribution in [0.3, 0.4) is 0 Å². The van der Waals surface area contributed by atoms with Crippen LogP contribution in [0.2, 0.25) is 5.02 Å². The first-order valence-electron chi connectivity index (χ1n) is 9.91. The third-order valence-electron chi connectivity index (χ3n) is 5.26. The standard InChI is InChI=1S/C22H26ClFN4O2/c1-27-10-12-28(13-11-27)20(17-4-8-19(24)9-5-17)15-26-22(30)21(29)25-14-16-2-6-18(23)7-3-16/h2-9,20H,10-15H2,1H3,(H,25,29)(H,26,30)/t20-/m0/s1. The molecule has 2 N–H and O–H groups in total. The summed E-state index contributed by atoms with van der Waals surface area (Å²) in [7, 11) is 2.07. The van der Waals surface area contributed by atoms with E-state index in [1.165, 1.54) is 12.1 Å². The molecule has 2 amide bonds. The highest BCUT2D eigenvalue weighted by Crippen LogP contribution is 2.22. The summed E-state index contributed by atoms with van der Waals surface area (Å²) >= 11 is 5.85. The maximum atomic E-state index is 13.4. The van der Waals surface area contributed by atoms with Crippen molar-refractivity contribution in [1.29, 1.82) is 0 Å². The molecule has 2 aromatic rings. The molecule has 0 aliphatic carbocycles. The highest BCUT2D eigenvalue weighted by Gasteiger charge is 2.25. The molecule has 1 aliphatic rings. The number of rotatable bonds is 6. The first-order chi connectivity index (χ1) is 14.4. The number of benzene rings is 2. The van der Waals surface area contributed by atoms with Crippen LogP contribution >= 0.6 is 11.6 Å². The lowest BCUT2D eigenvalue weighted by Gasteiger charge is -2.38. The van der Waals surface area contributed by atoms with Crippen LogP contribution in [0.4, 0.5) is 4.39 Å². The van der Waals surface area contributed by atoms with Gasteiger partial charge < -0.3 is 15.5 Å². The SMILES string of the molecule is CN1CCN([C@@H](CNC(=O)C(=O)NCc2ccc(Cl)cc2)c2ccc(F)cc2)CC1. The lowest BCUT2D eigenvalue weighted by atomic mass is 10.0. The summed E-state index contributed by atoms with van der Waals surface area (Å²) in [5.41, 5.74) is 1.75. The van der Waals surface area contributed by atoms with Crippen LogP contribution < -0.4 is 10.6 Å². The van der Waals surface area contributed by atoms with E-state index < -0.39 is 11.8 Å². The molecule has 1 atom stereocenters. The molecule has 0 spiro atoms. The highest BCUT2D eigenvalue weighted by atomic mass is 35.5. The summed E-state index contributed by atoms with van der Waals surface area (Å²) in [5.74, 6) is -1.69. The summed E-state index contributed by atoms with van der Waals surface area (Å²) in [6, 6.07) is 13.2. The van der Waals surface area contributed by atoms with E-state index in [9.17, 15) is 14.0 Å². The first-order valence-corrected chi connectivity index (χ1v) is 10.3. The zero-order valence-electron chi connectivity index (χ0n) is 16.9. The number of carbonyl (C=O) groups excluding carboxylic acids is 2. The molecular formula is C22H26ClFN4O2. The second-order valence-corrected chi connectivity index (χ2v) is 7.86. The predicted molar refractivity (Wildman–Crippen MR) is 115 cm³/mol. The Balaban J connectivity index is 1.58. The zero-order valence-corrected chi connectivity index (χ0v) is 17.7. The summed E-state index contributed by atoms with van der Waals surface area (Å²) in [6.07, 6.45) is 0. The second-order valence-electron chi connectivity index (χ2n) is 7.43. The highest BCUT2D eigenvalue weighted by molar-refractivity contribution is 6.35. The Kier molecular flexibility index (Phi) is 7.79.